The van der Waals surface area contributed by atoms with Gasteiger partial charge in [0.1, 0.15) is 54.4 Å². The van der Waals surface area contributed by atoms with Crippen molar-refractivity contribution in [3.63, 3.8) is 0 Å². The van der Waals surface area contributed by atoms with Crippen LogP contribution in [0.4, 0.5) is 0 Å². The second-order valence-electron chi connectivity index (χ2n) is 20.6. The van der Waals surface area contributed by atoms with Crippen molar-refractivity contribution in [2.24, 2.45) is 33.8 Å². The monoisotopic (exact) mass is 1260 g/mol. The van der Waals surface area contributed by atoms with Gasteiger partial charge in [-0.1, -0.05) is 13.8 Å². The van der Waals surface area contributed by atoms with Crippen LogP contribution in [-0.2, 0) is 67.3 Å². The van der Waals surface area contributed by atoms with Crippen molar-refractivity contribution in [1.82, 2.24) is 73.1 Å². The third-order valence-corrected chi connectivity index (χ3v) is 13.6. The Bertz CT molecular complexity index is 2790. The van der Waals surface area contributed by atoms with Crippen LogP contribution in [-0.4, -0.2) is 208 Å². The van der Waals surface area contributed by atoms with Gasteiger partial charge in [-0.2, -0.15) is 0 Å². The summed E-state index contributed by atoms with van der Waals surface area (Å²) in [5.41, 5.74) is 23.3. The number of carbonyl (C=O) groups excluding carboxylic acids is 10. The van der Waals surface area contributed by atoms with Crippen LogP contribution in [0, 0.1) is 5.92 Å². The average molecular weight is 1260 g/mol. The Balaban J connectivity index is 1.74. The first-order chi connectivity index (χ1) is 41.9. The molecule has 35 heteroatoms. The fraction of sp³-hybridized carbons (Fsp3) is 0.566. The van der Waals surface area contributed by atoms with E-state index in [1.54, 1.807) is 26.0 Å². The molecule has 2 heterocycles. The number of thiol groups is 1. The van der Waals surface area contributed by atoms with E-state index in [0.717, 1.165) is 0 Å². The Morgan fingerprint density at radius 2 is 1.02 bits per heavy atom. The van der Waals surface area contributed by atoms with E-state index in [1.165, 1.54) is 46.2 Å². The largest absolute Gasteiger partial charge is 0.493 e. The van der Waals surface area contributed by atoms with Gasteiger partial charge in [0.05, 0.1) is 53.2 Å². The van der Waals surface area contributed by atoms with Crippen LogP contribution in [0.1, 0.15) is 76.2 Å². The lowest BCUT2D eigenvalue weighted by atomic mass is 10.0. The number of hydrogen-bond donors (Lipinski definition) is 20. The number of methoxy groups -OCH3 is 2. The number of carbonyl (C=O) groups is 10. The van der Waals surface area contributed by atoms with Crippen LogP contribution in [0.3, 0.4) is 0 Å². The standard InChI is InChI=1S/C53H85N19O15S/c1-27(2)13-34(47(80)66-32(44(55)77)9-6-7-11-54)69-48(81)36(16-31-20-60-26-63-31)70-51(84)38(23-74)72-52(85)39(24-75)71-49(82)35(15-30-19-59-25-62-30)68-45(78)28(3)64-46(79)33(10-8-12-61-53(56)57)67-50(83)37(22-73)65-43(76)21-58-18-29-14-40(86-4)41(87-5)17-42(29)88/h14,17,19-20,25-28,32-39,58,73-75,88H,6-13,15-16,18,21-24,54H2,1-5H3,(H2,55,77)(H,59,62)(H,60,63)(H,64,79)(H,65,76)(H,66,80)(H,67,83)(H,68,78)(H,69,81)(H,70,84)(H,71,82)(H,72,85)(H4,56,57,61)/t28-,32-,33-,34-,35-,36-,37-,38-,39-/m0/s1. The minimum atomic E-state index is -1.84. The Hall–Kier alpha value is -8.64. The summed E-state index contributed by atoms with van der Waals surface area (Å²) in [5.74, 6) is -8.91. The van der Waals surface area contributed by atoms with Gasteiger partial charge in [0.25, 0.3) is 0 Å². The number of aromatic amines is 2. The van der Waals surface area contributed by atoms with E-state index < -0.39 is 133 Å². The molecular formula is C53H85N19O15S. The highest BCUT2D eigenvalue weighted by Gasteiger charge is 2.35. The van der Waals surface area contributed by atoms with Crippen molar-refractivity contribution >= 4 is 77.7 Å². The zero-order valence-electron chi connectivity index (χ0n) is 49.7. The molecule has 3 aromatic rings. The summed E-state index contributed by atoms with van der Waals surface area (Å²) in [6.45, 7) is 1.96. The third kappa shape index (κ3) is 25.4. The lowest BCUT2D eigenvalue weighted by molar-refractivity contribution is -0.136. The fourth-order valence-corrected chi connectivity index (χ4v) is 8.67. The number of hydrogen-bond acceptors (Lipinski definition) is 21. The highest BCUT2D eigenvalue weighted by atomic mass is 32.1. The zero-order valence-corrected chi connectivity index (χ0v) is 50.6. The van der Waals surface area contributed by atoms with Gasteiger partial charge in [0.15, 0.2) is 17.5 Å². The lowest BCUT2D eigenvalue weighted by Gasteiger charge is -2.27. The number of benzene rings is 1. The second kappa shape index (κ2) is 38.5. The highest BCUT2D eigenvalue weighted by Crippen LogP contribution is 2.32. The summed E-state index contributed by atoms with van der Waals surface area (Å²) in [6, 6.07) is -10.1. The Labute approximate surface area is 512 Å². The predicted octanol–water partition coefficient (Wildman–Crippen LogP) is -6.91. The molecule has 488 valence electrons. The molecule has 0 saturated heterocycles. The van der Waals surface area contributed by atoms with Crippen molar-refractivity contribution in [1.29, 1.82) is 0 Å². The molecule has 9 atom stereocenters. The maximum Gasteiger partial charge on any atom is 0.245 e. The minimum absolute atomic E-state index is 0.0103. The number of rotatable bonds is 41. The summed E-state index contributed by atoms with van der Waals surface area (Å²) in [4.78, 5) is 153. The predicted molar refractivity (Wildman–Crippen MR) is 319 cm³/mol. The van der Waals surface area contributed by atoms with Crippen LogP contribution < -0.4 is 85.6 Å². The highest BCUT2D eigenvalue weighted by molar-refractivity contribution is 7.80. The number of primary amides is 1. The third-order valence-electron chi connectivity index (χ3n) is 13.2. The van der Waals surface area contributed by atoms with Gasteiger partial charge in [-0.3, -0.25) is 52.9 Å². The maximum atomic E-state index is 14.0. The zero-order chi connectivity index (χ0) is 65.5. The van der Waals surface area contributed by atoms with Gasteiger partial charge < -0.3 is 111 Å². The molecule has 0 bridgehead atoms. The van der Waals surface area contributed by atoms with Crippen LogP contribution >= 0.6 is 12.6 Å². The number of aromatic nitrogens is 4. The molecule has 2 aromatic heterocycles. The van der Waals surface area contributed by atoms with E-state index in [1.807, 2.05) is 0 Å². The van der Waals surface area contributed by atoms with Crippen molar-refractivity contribution in [3.8, 4) is 11.5 Å². The number of H-pyrrole nitrogens is 2. The molecule has 0 aliphatic rings. The maximum absolute atomic E-state index is 14.0. The number of nitrogens with one attached hydrogen (secondary N) is 12. The molecule has 0 radical (unpaired) electrons. The number of guanidine groups is 1. The molecule has 10 amide bonds. The number of nitrogens with two attached hydrogens (primary N) is 4. The molecular weight excluding hydrogens is 1170 g/mol. The first-order valence-corrected chi connectivity index (χ1v) is 28.5. The number of unbranched alkanes of at least 4 members (excludes halogenated alkanes) is 1. The summed E-state index contributed by atoms with van der Waals surface area (Å²) in [6.07, 6.45) is 6.05. The number of aliphatic imine (C=N–C) groups is 1. The summed E-state index contributed by atoms with van der Waals surface area (Å²) >= 11 is 4.45. The van der Waals surface area contributed by atoms with E-state index in [9.17, 15) is 63.3 Å². The summed E-state index contributed by atoms with van der Waals surface area (Å²) < 4.78 is 10.6. The van der Waals surface area contributed by atoms with Gasteiger partial charge >= 0.3 is 0 Å². The molecule has 0 saturated carbocycles. The molecule has 1 aromatic carbocycles. The summed E-state index contributed by atoms with van der Waals surface area (Å²) in [5, 5.41) is 55.8. The van der Waals surface area contributed by atoms with Gasteiger partial charge in [-0.15, -0.1) is 12.6 Å². The molecule has 88 heavy (non-hydrogen) atoms. The van der Waals surface area contributed by atoms with Crippen LogP contribution in [0.5, 0.6) is 11.5 Å². The van der Waals surface area contributed by atoms with Crippen LogP contribution in [0.15, 0.2) is 47.1 Å². The van der Waals surface area contributed by atoms with E-state index in [4.69, 9.17) is 32.4 Å². The van der Waals surface area contributed by atoms with E-state index in [-0.39, 0.29) is 70.0 Å². The molecule has 3 rings (SSSR count). The van der Waals surface area contributed by atoms with Crippen LogP contribution in [0.2, 0.25) is 0 Å². The van der Waals surface area contributed by atoms with Gasteiger partial charge in [-0.05, 0) is 75.6 Å². The molecule has 0 spiro atoms. The van der Waals surface area contributed by atoms with E-state index in [0.29, 0.717) is 52.7 Å². The van der Waals surface area contributed by atoms with Crippen molar-refractivity contribution in [2.75, 3.05) is 53.7 Å². The smallest absolute Gasteiger partial charge is 0.245 e. The van der Waals surface area contributed by atoms with E-state index in [2.05, 4.69) is 90.7 Å². The van der Waals surface area contributed by atoms with Crippen molar-refractivity contribution in [3.05, 3.63) is 54.1 Å². The lowest BCUT2D eigenvalue weighted by Crippen LogP contribution is -2.61. The molecule has 0 aliphatic carbocycles. The van der Waals surface area contributed by atoms with Gasteiger partial charge in [-0.25, -0.2) is 9.97 Å². The number of amides is 10. The van der Waals surface area contributed by atoms with Crippen LogP contribution in [0.25, 0.3) is 0 Å². The van der Waals surface area contributed by atoms with Gasteiger partial charge in [0.2, 0.25) is 59.1 Å². The van der Waals surface area contributed by atoms with Gasteiger partial charge in [0, 0.05) is 54.6 Å². The number of ether oxygens (including phenoxy) is 2. The number of nitrogens with zero attached hydrogens (tertiary/aromatic N) is 3. The number of aliphatic hydroxyl groups excluding tert-OH is 3. The molecule has 0 aliphatic heterocycles. The van der Waals surface area contributed by atoms with Crippen molar-refractivity contribution in [2.45, 2.75) is 138 Å². The Kier molecular flexibility index (Phi) is 32.2. The topological polar surface area (TPSA) is 544 Å². The second-order valence-corrected chi connectivity index (χ2v) is 21.1. The Morgan fingerprint density at radius 3 is 1.50 bits per heavy atom. The Morgan fingerprint density at radius 1 is 0.580 bits per heavy atom. The first-order valence-electron chi connectivity index (χ1n) is 28.1. The quantitative estimate of drug-likeness (QED) is 0.0109. The molecule has 23 N–H and O–H groups in total. The normalized spacial score (nSPS) is 14.1. The summed E-state index contributed by atoms with van der Waals surface area (Å²) in [7, 11) is 2.92. The van der Waals surface area contributed by atoms with E-state index >= 15 is 0 Å². The number of aliphatic hydroxyl groups is 3. The molecule has 34 nitrogen and oxygen atoms in total. The average Bonchev–Trinajstić information content (AvgIpc) is 4.01. The fourth-order valence-electron chi connectivity index (χ4n) is 8.41. The molecule has 0 fully saturated rings. The number of imidazole rings is 2. The first kappa shape index (κ1) is 73.6. The molecule has 0 unspecified atom stereocenters. The SMILES string of the molecule is COc1cc(S)c(CNCC(=O)N[C@@H](CO)C(=O)N[C@@H](CCCN=C(N)N)C(=O)N[C@@H](C)C(=O)N[C@@H](Cc2cnc[nH]2)C(=O)N[C@@H](CO)C(=O)N[C@@H](CO)C(=O)N[C@@H](Cc2cnc[nH]2)C(=O)N[C@@H](CC(C)C)C(=O)N[C@@H](CCCCN)C(N)=O)cc1OC. The minimum Gasteiger partial charge on any atom is -0.493 e. The van der Waals surface area contributed by atoms with Crippen molar-refractivity contribution < 1.29 is 72.7 Å².